The molecule has 0 amide bonds. The smallest absolute Gasteiger partial charge is 0.226 e. The summed E-state index contributed by atoms with van der Waals surface area (Å²) in [5.74, 6) is -0.209. The Kier molecular flexibility index (Phi) is 6.96. The molecule has 0 spiro atoms. The van der Waals surface area contributed by atoms with Crippen molar-refractivity contribution in [3.8, 4) is 0 Å². The van der Waals surface area contributed by atoms with Gasteiger partial charge in [-0.05, 0) is 28.2 Å². The zero-order valence-electron chi connectivity index (χ0n) is 12.2. The highest BCUT2D eigenvalue weighted by molar-refractivity contribution is 6.77. The number of rotatable bonds is 7. The van der Waals surface area contributed by atoms with Gasteiger partial charge in [0.15, 0.2) is 8.32 Å². The fourth-order valence-electron chi connectivity index (χ4n) is 2.83. The third-order valence-electron chi connectivity index (χ3n) is 3.68. The van der Waals surface area contributed by atoms with E-state index < -0.39 is 8.32 Å². The average molecular weight is 279 g/mol. The van der Waals surface area contributed by atoms with Crippen LogP contribution in [0.3, 0.4) is 0 Å². The molecule has 17 heavy (non-hydrogen) atoms. The first-order valence-electron chi connectivity index (χ1n) is 6.49. The van der Waals surface area contributed by atoms with Gasteiger partial charge in [-0.2, -0.15) is 0 Å². The van der Waals surface area contributed by atoms with Gasteiger partial charge in [-0.3, -0.25) is 4.79 Å². The topological polar surface area (TPSA) is 26.3 Å². The van der Waals surface area contributed by atoms with E-state index in [2.05, 4.69) is 41.5 Å². The number of halogens is 1. The summed E-state index contributed by atoms with van der Waals surface area (Å²) in [7, 11) is -1.85. The Balaban J connectivity index is 4.88. The summed E-state index contributed by atoms with van der Waals surface area (Å²) >= 11 is 5.49. The van der Waals surface area contributed by atoms with Crippen molar-refractivity contribution in [1.29, 1.82) is 0 Å². The fraction of sp³-hybridized carbons (Fsp3) is 0.923. The van der Waals surface area contributed by atoms with Crippen molar-refractivity contribution >= 4 is 25.2 Å². The number of carbonyl (C=O) groups is 1. The molecule has 0 bridgehead atoms. The van der Waals surface area contributed by atoms with Gasteiger partial charge in [0.25, 0.3) is 0 Å². The summed E-state index contributed by atoms with van der Waals surface area (Å²) in [5, 5.41) is -0.302. The Labute approximate surface area is 112 Å². The van der Waals surface area contributed by atoms with Gasteiger partial charge in [-0.15, -0.1) is 0 Å². The van der Waals surface area contributed by atoms with E-state index in [1.165, 1.54) is 0 Å². The molecule has 0 unspecified atom stereocenters. The molecule has 0 aromatic heterocycles. The average Bonchev–Trinajstić information content (AvgIpc) is 2.16. The van der Waals surface area contributed by atoms with Crippen LogP contribution in [0.25, 0.3) is 0 Å². The van der Waals surface area contributed by atoms with Crippen LogP contribution in [0.15, 0.2) is 0 Å². The first kappa shape index (κ1) is 17.1. The van der Waals surface area contributed by atoms with Crippen molar-refractivity contribution in [2.24, 2.45) is 5.92 Å². The lowest BCUT2D eigenvalue weighted by atomic mass is 10.2. The second-order valence-electron chi connectivity index (χ2n) is 5.83. The van der Waals surface area contributed by atoms with Crippen molar-refractivity contribution in [3.05, 3.63) is 0 Å². The quantitative estimate of drug-likeness (QED) is 0.503. The van der Waals surface area contributed by atoms with Gasteiger partial charge in [0, 0.05) is 6.61 Å². The van der Waals surface area contributed by atoms with Crippen molar-refractivity contribution in [1.82, 2.24) is 0 Å². The van der Waals surface area contributed by atoms with Gasteiger partial charge in [0.1, 0.15) is 0 Å². The van der Waals surface area contributed by atoms with Gasteiger partial charge >= 0.3 is 0 Å². The lowest BCUT2D eigenvalue weighted by Crippen LogP contribution is -2.48. The second kappa shape index (κ2) is 6.91. The van der Waals surface area contributed by atoms with Crippen LogP contribution in [0.1, 0.15) is 48.5 Å². The zero-order valence-corrected chi connectivity index (χ0v) is 14.0. The first-order valence-corrected chi connectivity index (χ1v) is 9.01. The lowest BCUT2D eigenvalue weighted by molar-refractivity contribution is -0.115. The molecule has 2 nitrogen and oxygen atoms in total. The second-order valence-corrected chi connectivity index (χ2v) is 11.7. The van der Waals surface area contributed by atoms with Crippen molar-refractivity contribution in [2.75, 3.05) is 6.61 Å². The normalized spacial score (nSPS) is 14.8. The van der Waals surface area contributed by atoms with Crippen LogP contribution in [-0.4, -0.2) is 20.2 Å². The zero-order chi connectivity index (χ0) is 13.8. The highest BCUT2D eigenvalue weighted by Crippen LogP contribution is 2.42. The molecule has 0 saturated carbocycles. The Morgan fingerprint density at radius 3 is 1.59 bits per heavy atom. The summed E-state index contributed by atoms with van der Waals surface area (Å²) < 4.78 is 6.27. The monoisotopic (exact) mass is 278 g/mol. The molecule has 1 atom stereocenters. The molecule has 4 heteroatoms. The Morgan fingerprint density at radius 2 is 1.35 bits per heavy atom. The van der Waals surface area contributed by atoms with Crippen LogP contribution in [-0.2, 0) is 9.22 Å². The number of hydrogen-bond acceptors (Lipinski definition) is 2. The number of hydrogen-bond donors (Lipinski definition) is 0. The molecular weight excluding hydrogens is 252 g/mol. The summed E-state index contributed by atoms with van der Waals surface area (Å²) in [6.45, 7) is 15.7. The van der Waals surface area contributed by atoms with Crippen LogP contribution < -0.4 is 0 Å². The van der Waals surface area contributed by atoms with Gasteiger partial charge in [0.05, 0.1) is 5.92 Å². The molecule has 0 aliphatic rings. The minimum atomic E-state index is -1.85. The summed E-state index contributed by atoms with van der Waals surface area (Å²) in [6.07, 6.45) is 0. The Bertz CT molecular complexity index is 230. The van der Waals surface area contributed by atoms with Gasteiger partial charge in [0.2, 0.25) is 5.24 Å². The Morgan fingerprint density at radius 1 is 1.00 bits per heavy atom. The largest absolute Gasteiger partial charge is 0.415 e. The van der Waals surface area contributed by atoms with Crippen LogP contribution in [0.2, 0.25) is 16.6 Å². The van der Waals surface area contributed by atoms with Crippen molar-refractivity contribution in [3.63, 3.8) is 0 Å². The van der Waals surface area contributed by atoms with Gasteiger partial charge < -0.3 is 4.43 Å². The molecule has 0 rings (SSSR count). The van der Waals surface area contributed by atoms with E-state index in [0.717, 1.165) is 0 Å². The molecule has 0 aliphatic carbocycles. The van der Waals surface area contributed by atoms with Crippen LogP contribution in [0, 0.1) is 5.92 Å². The predicted octanol–water partition coefficient (Wildman–Crippen LogP) is 4.58. The van der Waals surface area contributed by atoms with Gasteiger partial charge in [-0.1, -0.05) is 48.5 Å². The van der Waals surface area contributed by atoms with Crippen molar-refractivity contribution in [2.45, 2.75) is 65.1 Å². The maximum Gasteiger partial charge on any atom is 0.226 e. The van der Waals surface area contributed by atoms with Crippen LogP contribution in [0.5, 0.6) is 0 Å². The molecule has 0 N–H and O–H groups in total. The molecular formula is C13H27ClO2Si. The maximum absolute atomic E-state index is 11.1. The minimum Gasteiger partial charge on any atom is -0.415 e. The molecule has 0 aromatic carbocycles. The molecule has 102 valence electrons. The summed E-state index contributed by atoms with van der Waals surface area (Å²) in [5.41, 5.74) is 1.63. The molecule has 0 fully saturated rings. The van der Waals surface area contributed by atoms with E-state index in [9.17, 15) is 4.79 Å². The van der Waals surface area contributed by atoms with E-state index in [0.29, 0.717) is 23.2 Å². The van der Waals surface area contributed by atoms with E-state index >= 15 is 0 Å². The Hall–Kier alpha value is 0.137. The third-order valence-corrected chi connectivity index (χ3v) is 10.1. The summed E-state index contributed by atoms with van der Waals surface area (Å²) in [4.78, 5) is 11.1. The highest BCUT2D eigenvalue weighted by atomic mass is 35.5. The van der Waals surface area contributed by atoms with Crippen LogP contribution >= 0.6 is 11.6 Å². The van der Waals surface area contributed by atoms with Crippen molar-refractivity contribution < 1.29 is 9.22 Å². The molecule has 0 saturated heterocycles. The third kappa shape index (κ3) is 4.07. The van der Waals surface area contributed by atoms with Crippen LogP contribution in [0.4, 0.5) is 0 Å². The maximum atomic E-state index is 11.1. The number of carbonyl (C=O) groups excluding carboxylic acids is 1. The first-order chi connectivity index (χ1) is 7.66. The van der Waals surface area contributed by atoms with E-state index in [1.807, 2.05) is 6.92 Å². The van der Waals surface area contributed by atoms with Gasteiger partial charge in [-0.25, -0.2) is 0 Å². The summed E-state index contributed by atoms with van der Waals surface area (Å²) in [6, 6.07) is 0. The molecule has 0 aliphatic heterocycles. The lowest BCUT2D eigenvalue weighted by Gasteiger charge is -2.42. The molecule has 0 heterocycles. The SMILES string of the molecule is CC(C)[Si](OC[C@@H](C)C(=O)Cl)(C(C)C)C(C)C. The molecule has 0 aromatic rings. The van der Waals surface area contributed by atoms with E-state index in [4.69, 9.17) is 16.0 Å². The predicted molar refractivity (Wildman–Crippen MR) is 77.0 cm³/mol. The van der Waals surface area contributed by atoms with E-state index in [1.54, 1.807) is 0 Å². The standard InChI is InChI=1S/C13H27ClO2Si/c1-9(2)17(10(3)4,11(5)6)16-8-12(7)13(14)15/h9-12H,8H2,1-7H3/t12-/m1/s1. The molecule has 0 radical (unpaired) electrons. The highest BCUT2D eigenvalue weighted by Gasteiger charge is 2.45. The minimum absolute atomic E-state index is 0.209. The van der Waals surface area contributed by atoms with E-state index in [-0.39, 0.29) is 11.2 Å². The fourth-order valence-corrected chi connectivity index (χ4v) is 8.44.